The van der Waals surface area contributed by atoms with Gasteiger partial charge in [0.1, 0.15) is 0 Å². The van der Waals surface area contributed by atoms with Crippen molar-refractivity contribution in [1.82, 2.24) is 10.3 Å². The van der Waals surface area contributed by atoms with Crippen LogP contribution in [0.2, 0.25) is 0 Å². The molecular formula is C11H17ClN2. The first-order valence-corrected chi connectivity index (χ1v) is 5.46. The molecule has 1 atom stereocenters. The van der Waals surface area contributed by atoms with Gasteiger partial charge >= 0.3 is 0 Å². The predicted octanol–water partition coefficient (Wildman–Crippen LogP) is 2.58. The van der Waals surface area contributed by atoms with Crippen molar-refractivity contribution in [2.75, 3.05) is 6.54 Å². The van der Waals surface area contributed by atoms with Crippen molar-refractivity contribution in [2.24, 2.45) is 0 Å². The minimum absolute atomic E-state index is 0.287. The molecule has 0 spiro atoms. The summed E-state index contributed by atoms with van der Waals surface area (Å²) in [6.07, 6.45) is 5.88. The lowest BCUT2D eigenvalue weighted by molar-refractivity contribution is 0.618. The molecule has 0 bridgehead atoms. The van der Waals surface area contributed by atoms with E-state index in [9.17, 15) is 0 Å². The molecule has 78 valence electrons. The van der Waals surface area contributed by atoms with Crippen molar-refractivity contribution in [2.45, 2.75) is 31.7 Å². The molecule has 0 aliphatic carbocycles. The number of hydrogen-bond acceptors (Lipinski definition) is 2. The highest BCUT2D eigenvalue weighted by Crippen LogP contribution is 2.02. The average molecular weight is 213 g/mol. The van der Waals surface area contributed by atoms with Crippen LogP contribution in [0.5, 0.6) is 0 Å². The Labute approximate surface area is 90.7 Å². The number of nitrogens with zero attached hydrogens (tertiary/aromatic N) is 1. The molecule has 1 heterocycles. The van der Waals surface area contributed by atoms with E-state index in [-0.39, 0.29) is 5.38 Å². The van der Waals surface area contributed by atoms with Gasteiger partial charge in [0.2, 0.25) is 0 Å². The van der Waals surface area contributed by atoms with E-state index in [4.69, 9.17) is 11.6 Å². The third kappa shape index (κ3) is 5.20. The second-order valence-corrected chi connectivity index (χ2v) is 4.21. The van der Waals surface area contributed by atoms with E-state index in [1.165, 1.54) is 5.56 Å². The van der Waals surface area contributed by atoms with Crippen LogP contribution in [0, 0.1) is 0 Å². The van der Waals surface area contributed by atoms with E-state index in [0.717, 1.165) is 25.9 Å². The Balaban J connectivity index is 2.05. The maximum atomic E-state index is 5.84. The average Bonchev–Trinajstić information content (AvgIpc) is 2.18. The molecule has 3 heteroatoms. The fourth-order valence-electron chi connectivity index (χ4n) is 1.24. The fourth-order valence-corrected chi connectivity index (χ4v) is 1.40. The zero-order valence-corrected chi connectivity index (χ0v) is 9.30. The molecule has 1 unspecified atom stereocenters. The Bertz CT molecular complexity index is 236. The van der Waals surface area contributed by atoms with Crippen LogP contribution >= 0.6 is 11.6 Å². The third-order valence-electron chi connectivity index (χ3n) is 2.01. The Hall–Kier alpha value is -0.600. The van der Waals surface area contributed by atoms with E-state index in [1.807, 2.05) is 19.2 Å². The van der Waals surface area contributed by atoms with E-state index < -0.39 is 0 Å². The van der Waals surface area contributed by atoms with E-state index in [0.29, 0.717) is 0 Å². The Morgan fingerprint density at radius 3 is 3.07 bits per heavy atom. The standard InChI is InChI=1S/C11H17ClN2/c1-10(12)4-2-6-13-8-11-5-3-7-14-9-11/h3,5,7,9-10,13H,2,4,6,8H2,1H3. The first-order valence-electron chi connectivity index (χ1n) is 5.02. The Morgan fingerprint density at radius 2 is 2.43 bits per heavy atom. The maximum Gasteiger partial charge on any atom is 0.0312 e. The van der Waals surface area contributed by atoms with E-state index >= 15 is 0 Å². The monoisotopic (exact) mass is 212 g/mol. The van der Waals surface area contributed by atoms with Crippen molar-refractivity contribution in [3.8, 4) is 0 Å². The molecule has 1 rings (SSSR count). The second-order valence-electron chi connectivity index (χ2n) is 3.46. The van der Waals surface area contributed by atoms with Gasteiger partial charge in [0.15, 0.2) is 0 Å². The molecule has 14 heavy (non-hydrogen) atoms. The molecule has 0 saturated heterocycles. The molecule has 0 amide bonds. The Morgan fingerprint density at radius 1 is 1.57 bits per heavy atom. The molecule has 0 saturated carbocycles. The summed E-state index contributed by atoms with van der Waals surface area (Å²) in [6.45, 7) is 3.94. The predicted molar refractivity (Wildman–Crippen MR) is 60.5 cm³/mol. The van der Waals surface area contributed by atoms with Crippen LogP contribution in [0.3, 0.4) is 0 Å². The number of rotatable bonds is 6. The minimum Gasteiger partial charge on any atom is -0.313 e. The van der Waals surface area contributed by atoms with E-state index in [1.54, 1.807) is 6.20 Å². The number of pyridine rings is 1. The number of halogens is 1. The zero-order chi connectivity index (χ0) is 10.2. The van der Waals surface area contributed by atoms with Crippen LogP contribution in [-0.2, 0) is 6.54 Å². The lowest BCUT2D eigenvalue weighted by Gasteiger charge is -2.05. The molecule has 0 aliphatic rings. The van der Waals surface area contributed by atoms with Crippen LogP contribution in [0.1, 0.15) is 25.3 Å². The van der Waals surface area contributed by atoms with Gasteiger partial charge in [-0.2, -0.15) is 0 Å². The maximum absolute atomic E-state index is 5.84. The first-order chi connectivity index (χ1) is 6.79. The summed E-state index contributed by atoms with van der Waals surface area (Å²) in [4.78, 5) is 4.05. The highest BCUT2D eigenvalue weighted by molar-refractivity contribution is 6.20. The molecule has 1 aromatic rings. The van der Waals surface area contributed by atoms with Crippen molar-refractivity contribution in [3.05, 3.63) is 30.1 Å². The summed E-state index contributed by atoms with van der Waals surface area (Å²) < 4.78 is 0. The van der Waals surface area contributed by atoms with Crippen molar-refractivity contribution < 1.29 is 0 Å². The minimum atomic E-state index is 0.287. The summed E-state index contributed by atoms with van der Waals surface area (Å²) in [7, 11) is 0. The highest BCUT2D eigenvalue weighted by Gasteiger charge is 1.95. The van der Waals surface area contributed by atoms with Crippen LogP contribution < -0.4 is 5.32 Å². The van der Waals surface area contributed by atoms with E-state index in [2.05, 4.69) is 16.4 Å². The number of nitrogens with one attached hydrogen (secondary N) is 1. The zero-order valence-electron chi connectivity index (χ0n) is 8.54. The molecular weight excluding hydrogens is 196 g/mol. The molecule has 1 N–H and O–H groups in total. The third-order valence-corrected chi connectivity index (χ3v) is 2.23. The topological polar surface area (TPSA) is 24.9 Å². The van der Waals surface area contributed by atoms with Gasteiger partial charge in [0.05, 0.1) is 0 Å². The molecule has 1 aromatic heterocycles. The molecule has 0 aromatic carbocycles. The summed E-state index contributed by atoms with van der Waals surface area (Å²) in [5.74, 6) is 0. The molecule has 0 radical (unpaired) electrons. The van der Waals surface area contributed by atoms with Gasteiger partial charge in [-0.05, 0) is 37.9 Å². The summed E-state index contributed by atoms with van der Waals surface area (Å²) in [5.41, 5.74) is 1.23. The summed E-state index contributed by atoms with van der Waals surface area (Å²) in [6, 6.07) is 4.03. The van der Waals surface area contributed by atoms with Gasteiger partial charge in [-0.3, -0.25) is 4.98 Å². The van der Waals surface area contributed by atoms with Crippen LogP contribution in [0.25, 0.3) is 0 Å². The molecule has 0 fully saturated rings. The van der Waals surface area contributed by atoms with Gasteiger partial charge in [0, 0.05) is 24.3 Å². The normalized spacial score (nSPS) is 12.7. The van der Waals surface area contributed by atoms with Crippen molar-refractivity contribution in [3.63, 3.8) is 0 Å². The Kier molecular flexibility index (Phi) is 5.57. The molecule has 2 nitrogen and oxygen atoms in total. The second kappa shape index (κ2) is 6.80. The number of aromatic nitrogens is 1. The van der Waals surface area contributed by atoms with Crippen molar-refractivity contribution in [1.29, 1.82) is 0 Å². The number of alkyl halides is 1. The lowest BCUT2D eigenvalue weighted by Crippen LogP contribution is -2.15. The first kappa shape index (κ1) is 11.5. The fraction of sp³-hybridized carbons (Fsp3) is 0.545. The SMILES string of the molecule is CC(Cl)CCCNCc1cccnc1. The lowest BCUT2D eigenvalue weighted by atomic mass is 10.2. The van der Waals surface area contributed by atoms with Crippen LogP contribution in [-0.4, -0.2) is 16.9 Å². The van der Waals surface area contributed by atoms with Gasteiger partial charge in [-0.25, -0.2) is 0 Å². The number of hydrogen-bond donors (Lipinski definition) is 1. The van der Waals surface area contributed by atoms with Gasteiger partial charge in [-0.1, -0.05) is 6.07 Å². The largest absolute Gasteiger partial charge is 0.313 e. The van der Waals surface area contributed by atoms with Gasteiger partial charge < -0.3 is 5.32 Å². The van der Waals surface area contributed by atoms with Gasteiger partial charge in [0.25, 0.3) is 0 Å². The van der Waals surface area contributed by atoms with Crippen LogP contribution in [0.4, 0.5) is 0 Å². The summed E-state index contributed by atoms with van der Waals surface area (Å²) in [5, 5.41) is 3.65. The van der Waals surface area contributed by atoms with Crippen LogP contribution in [0.15, 0.2) is 24.5 Å². The van der Waals surface area contributed by atoms with Gasteiger partial charge in [-0.15, -0.1) is 11.6 Å². The highest BCUT2D eigenvalue weighted by atomic mass is 35.5. The quantitative estimate of drug-likeness (QED) is 0.579. The van der Waals surface area contributed by atoms with Crippen molar-refractivity contribution >= 4 is 11.6 Å². The smallest absolute Gasteiger partial charge is 0.0312 e. The summed E-state index contributed by atoms with van der Waals surface area (Å²) >= 11 is 5.84. The molecule has 0 aliphatic heterocycles.